The van der Waals surface area contributed by atoms with Crippen LogP contribution in [0.3, 0.4) is 0 Å². The molecule has 0 aromatic carbocycles. The number of halogens is 1. The molecule has 1 saturated carbocycles. The highest BCUT2D eigenvalue weighted by molar-refractivity contribution is 5.69. The maximum absolute atomic E-state index is 14.1. The molecule has 2 bridgehead atoms. The number of carbonyl (C=O) groups is 1. The van der Waals surface area contributed by atoms with Crippen molar-refractivity contribution in [3.8, 4) is 0 Å². The number of nitrogens with zero attached hydrogens (tertiary/aromatic N) is 1. The lowest BCUT2D eigenvalue weighted by atomic mass is 9.57. The molecular weight excluding hydrogens is 225 g/mol. The molecule has 2 saturated heterocycles. The zero-order valence-electron chi connectivity index (χ0n) is 10.6. The minimum absolute atomic E-state index is 0.0715. The van der Waals surface area contributed by atoms with E-state index in [1.54, 1.807) is 20.8 Å². The van der Waals surface area contributed by atoms with E-state index in [-0.39, 0.29) is 13.2 Å². The van der Waals surface area contributed by atoms with Crippen LogP contribution in [0.4, 0.5) is 9.18 Å². The van der Waals surface area contributed by atoms with Crippen LogP contribution in [-0.4, -0.2) is 47.1 Å². The Balaban J connectivity index is 2.02. The van der Waals surface area contributed by atoms with Crippen molar-refractivity contribution in [3.63, 3.8) is 0 Å². The fraction of sp³-hybridized carbons (Fsp3) is 0.917. The van der Waals surface area contributed by atoms with Crippen LogP contribution in [0.5, 0.6) is 0 Å². The molecule has 1 aliphatic carbocycles. The lowest BCUT2D eigenvalue weighted by molar-refractivity contribution is -0.162. The Bertz CT molecular complexity index is 331. The molecule has 98 valence electrons. The number of hydrogen-bond acceptors (Lipinski definition) is 3. The second-order valence-electron chi connectivity index (χ2n) is 6.50. The number of aliphatic hydroxyl groups is 1. The number of alkyl halides is 1. The van der Waals surface area contributed by atoms with Gasteiger partial charge in [0.2, 0.25) is 0 Å². The highest BCUT2D eigenvalue weighted by Crippen LogP contribution is 2.55. The molecule has 0 aromatic heterocycles. The molecule has 3 fully saturated rings. The van der Waals surface area contributed by atoms with E-state index in [0.717, 1.165) is 0 Å². The van der Waals surface area contributed by atoms with E-state index in [1.165, 1.54) is 4.90 Å². The molecule has 1 N–H and O–H groups in total. The fourth-order valence-corrected chi connectivity index (χ4v) is 2.94. The largest absolute Gasteiger partial charge is 0.444 e. The van der Waals surface area contributed by atoms with Crippen LogP contribution in [0.1, 0.15) is 33.6 Å². The van der Waals surface area contributed by atoms with Crippen molar-refractivity contribution in [2.24, 2.45) is 5.41 Å². The summed E-state index contributed by atoms with van der Waals surface area (Å²) in [7, 11) is 0. The lowest BCUT2D eigenvalue weighted by Gasteiger charge is -2.58. The predicted molar refractivity (Wildman–Crippen MR) is 60.4 cm³/mol. The van der Waals surface area contributed by atoms with Gasteiger partial charge in [0.05, 0.1) is 13.2 Å². The summed E-state index contributed by atoms with van der Waals surface area (Å²) in [5, 5.41) is 9.29. The molecule has 2 aliphatic heterocycles. The molecule has 3 rings (SSSR count). The zero-order chi connectivity index (χ0) is 12.9. The molecule has 0 unspecified atom stereocenters. The molecule has 3 aliphatic rings. The number of amides is 1. The minimum Gasteiger partial charge on any atom is -0.444 e. The van der Waals surface area contributed by atoms with Gasteiger partial charge >= 0.3 is 6.09 Å². The van der Waals surface area contributed by atoms with E-state index in [4.69, 9.17) is 4.74 Å². The van der Waals surface area contributed by atoms with E-state index < -0.39 is 22.8 Å². The van der Waals surface area contributed by atoms with Crippen molar-refractivity contribution >= 4 is 6.09 Å². The third-order valence-electron chi connectivity index (χ3n) is 3.37. The normalized spacial score (nSPS) is 36.4. The van der Waals surface area contributed by atoms with Crippen molar-refractivity contribution in [2.45, 2.75) is 44.9 Å². The minimum atomic E-state index is -1.32. The van der Waals surface area contributed by atoms with E-state index in [0.29, 0.717) is 19.4 Å². The third-order valence-corrected chi connectivity index (χ3v) is 3.37. The quantitative estimate of drug-likeness (QED) is 0.765. The standard InChI is InChI=1S/C12H20FNO3/c1-10(2,3)17-9(16)14-6-11(8-15)4-12(13,5-11)7-14/h15H,4-8H2,1-3H3. The lowest BCUT2D eigenvalue weighted by Crippen LogP contribution is -2.67. The Kier molecular flexibility index (Phi) is 2.65. The van der Waals surface area contributed by atoms with Gasteiger partial charge in [-0.1, -0.05) is 0 Å². The van der Waals surface area contributed by atoms with Crippen LogP contribution < -0.4 is 0 Å². The second kappa shape index (κ2) is 3.57. The van der Waals surface area contributed by atoms with Gasteiger partial charge in [-0.3, -0.25) is 0 Å². The summed E-state index contributed by atoms with van der Waals surface area (Å²) >= 11 is 0. The fourth-order valence-electron chi connectivity index (χ4n) is 2.94. The number of aliphatic hydroxyl groups excluding tert-OH is 1. The number of rotatable bonds is 1. The van der Waals surface area contributed by atoms with Crippen molar-refractivity contribution in [1.29, 1.82) is 0 Å². The predicted octanol–water partition coefficient (Wildman–Crippen LogP) is 1.72. The van der Waals surface area contributed by atoms with Crippen LogP contribution in [0.15, 0.2) is 0 Å². The van der Waals surface area contributed by atoms with Gasteiger partial charge in [-0.15, -0.1) is 0 Å². The molecule has 1 amide bonds. The van der Waals surface area contributed by atoms with Gasteiger partial charge in [-0.25, -0.2) is 9.18 Å². The average molecular weight is 245 g/mol. The number of fused-ring (bicyclic) bond motifs is 2. The van der Waals surface area contributed by atoms with Gasteiger partial charge in [-0.2, -0.15) is 0 Å². The SMILES string of the molecule is CC(C)(C)OC(=O)N1CC2(F)CC(CO)(C1)C2. The van der Waals surface area contributed by atoms with Crippen molar-refractivity contribution in [1.82, 2.24) is 4.90 Å². The molecule has 0 atom stereocenters. The van der Waals surface area contributed by atoms with Crippen molar-refractivity contribution in [3.05, 3.63) is 0 Å². The van der Waals surface area contributed by atoms with Crippen molar-refractivity contribution < 1.29 is 19.0 Å². The highest BCUT2D eigenvalue weighted by Gasteiger charge is 2.61. The topological polar surface area (TPSA) is 49.8 Å². The molecular formula is C12H20FNO3. The van der Waals surface area contributed by atoms with Gasteiger partial charge in [0.15, 0.2) is 0 Å². The third kappa shape index (κ3) is 2.39. The van der Waals surface area contributed by atoms with Crippen LogP contribution in [0.25, 0.3) is 0 Å². The van der Waals surface area contributed by atoms with E-state index in [1.807, 2.05) is 0 Å². The zero-order valence-corrected chi connectivity index (χ0v) is 10.6. The Labute approximate surface area is 101 Å². The molecule has 17 heavy (non-hydrogen) atoms. The first kappa shape index (κ1) is 12.6. The summed E-state index contributed by atoms with van der Waals surface area (Å²) in [6.07, 6.45) is 0.225. The van der Waals surface area contributed by atoms with Crippen molar-refractivity contribution in [2.75, 3.05) is 19.7 Å². The Hall–Kier alpha value is -0.840. The summed E-state index contributed by atoms with van der Waals surface area (Å²) in [4.78, 5) is 13.2. The molecule has 0 spiro atoms. The summed E-state index contributed by atoms with van der Waals surface area (Å²) in [5.41, 5.74) is -2.34. The molecule has 5 heteroatoms. The van der Waals surface area contributed by atoms with Crippen LogP contribution in [-0.2, 0) is 4.74 Å². The molecule has 0 radical (unpaired) electrons. The van der Waals surface area contributed by atoms with Crippen LogP contribution in [0.2, 0.25) is 0 Å². The van der Waals surface area contributed by atoms with Crippen LogP contribution in [0, 0.1) is 5.41 Å². The average Bonchev–Trinajstić information content (AvgIpc) is 2.12. The number of carbonyl (C=O) groups excluding carboxylic acids is 1. The van der Waals surface area contributed by atoms with Gasteiger partial charge in [0, 0.05) is 12.0 Å². The van der Waals surface area contributed by atoms with E-state index in [9.17, 15) is 14.3 Å². The van der Waals surface area contributed by atoms with Gasteiger partial charge < -0.3 is 14.7 Å². The molecule has 4 nitrogen and oxygen atoms in total. The maximum Gasteiger partial charge on any atom is 0.410 e. The van der Waals surface area contributed by atoms with Crippen LogP contribution >= 0.6 is 0 Å². The second-order valence-corrected chi connectivity index (χ2v) is 6.50. The van der Waals surface area contributed by atoms with E-state index in [2.05, 4.69) is 0 Å². The van der Waals surface area contributed by atoms with Gasteiger partial charge in [0.25, 0.3) is 0 Å². The summed E-state index contributed by atoms with van der Waals surface area (Å²) in [6, 6.07) is 0. The first-order valence-electron chi connectivity index (χ1n) is 5.95. The van der Waals surface area contributed by atoms with Gasteiger partial charge in [-0.05, 0) is 33.6 Å². The first-order chi connectivity index (χ1) is 7.67. The Morgan fingerprint density at radius 1 is 1.41 bits per heavy atom. The molecule has 2 heterocycles. The smallest absolute Gasteiger partial charge is 0.410 e. The summed E-state index contributed by atoms with van der Waals surface area (Å²) < 4.78 is 19.3. The number of hydrogen-bond donors (Lipinski definition) is 1. The summed E-state index contributed by atoms with van der Waals surface area (Å²) in [5.74, 6) is 0. The van der Waals surface area contributed by atoms with E-state index >= 15 is 0 Å². The molecule has 0 aromatic rings. The highest BCUT2D eigenvalue weighted by atomic mass is 19.1. The Morgan fingerprint density at radius 2 is 2.00 bits per heavy atom. The van der Waals surface area contributed by atoms with Gasteiger partial charge in [0.1, 0.15) is 11.3 Å². The first-order valence-corrected chi connectivity index (χ1v) is 5.95. The Morgan fingerprint density at radius 3 is 2.47 bits per heavy atom. The number of ether oxygens (including phenoxy) is 1. The monoisotopic (exact) mass is 245 g/mol. The number of piperidine rings is 2. The maximum atomic E-state index is 14.1. The summed E-state index contributed by atoms with van der Waals surface area (Å²) in [6.45, 7) is 5.75.